The van der Waals surface area contributed by atoms with Crippen LogP contribution in [0.3, 0.4) is 0 Å². The van der Waals surface area contributed by atoms with E-state index in [9.17, 15) is 4.79 Å². The van der Waals surface area contributed by atoms with Crippen LogP contribution in [-0.4, -0.2) is 35.4 Å². The first-order chi connectivity index (χ1) is 11.6. The van der Waals surface area contributed by atoms with Crippen LogP contribution in [-0.2, 0) is 4.79 Å². The Morgan fingerprint density at radius 3 is 2.67 bits per heavy atom. The molecule has 6 heteroatoms. The zero-order chi connectivity index (χ0) is 17.5. The molecule has 2 rings (SSSR count). The molecule has 4 nitrogen and oxygen atoms in total. The summed E-state index contributed by atoms with van der Waals surface area (Å²) in [6.07, 6.45) is 2.89. The van der Waals surface area contributed by atoms with E-state index in [1.807, 2.05) is 18.2 Å². The van der Waals surface area contributed by atoms with Crippen molar-refractivity contribution in [1.82, 2.24) is 0 Å². The smallest absolute Gasteiger partial charge is 0.244 e. The van der Waals surface area contributed by atoms with Gasteiger partial charge in [-0.15, -0.1) is 0 Å². The Balaban J connectivity index is 2.28. The number of methoxy groups -OCH3 is 1. The van der Waals surface area contributed by atoms with Gasteiger partial charge in [0.1, 0.15) is 15.8 Å². The fourth-order valence-electron chi connectivity index (χ4n) is 2.39. The molecule has 1 aliphatic heterocycles. The Morgan fingerprint density at radius 1 is 1.29 bits per heavy atom. The van der Waals surface area contributed by atoms with E-state index in [0.717, 1.165) is 46.6 Å². The van der Waals surface area contributed by atoms with Crippen molar-refractivity contribution in [3.05, 3.63) is 29.5 Å². The molecule has 24 heavy (non-hydrogen) atoms. The third-order valence-electron chi connectivity index (χ3n) is 3.67. The molecule has 1 aromatic rings. The first-order valence-electron chi connectivity index (χ1n) is 8.21. The number of carbonyl (C=O) groups excluding carboxylic acids is 1. The molecule has 0 bridgehead atoms. The molecule has 0 saturated heterocycles. The standard InChI is InChI=1S/C18H24N2O2S2/c1-5-10-23-18-19-15(17(21)24-18)11-13-8-9-14(12-16(13)22-4)20(6-2)7-3/h8-9,11-12H,5-7,10H2,1-4H3/b15-11+. The molecule has 1 heterocycles. The highest BCUT2D eigenvalue weighted by Crippen LogP contribution is 2.33. The highest BCUT2D eigenvalue weighted by molar-refractivity contribution is 8.45. The molecular formula is C18H24N2O2S2. The average molecular weight is 365 g/mol. The maximum atomic E-state index is 12.1. The lowest BCUT2D eigenvalue weighted by Gasteiger charge is -2.22. The summed E-state index contributed by atoms with van der Waals surface area (Å²) in [5, 5.41) is 0.00322. The maximum absolute atomic E-state index is 12.1. The molecule has 0 unspecified atom stereocenters. The highest BCUT2D eigenvalue weighted by atomic mass is 32.2. The molecule has 1 aliphatic rings. The normalized spacial score (nSPS) is 15.8. The van der Waals surface area contributed by atoms with Crippen LogP contribution < -0.4 is 9.64 Å². The van der Waals surface area contributed by atoms with Crippen LogP contribution in [0, 0.1) is 0 Å². The maximum Gasteiger partial charge on any atom is 0.244 e. The van der Waals surface area contributed by atoms with Gasteiger partial charge in [0.2, 0.25) is 5.12 Å². The van der Waals surface area contributed by atoms with E-state index in [1.165, 1.54) is 11.8 Å². The van der Waals surface area contributed by atoms with Gasteiger partial charge in [-0.05, 0) is 56.0 Å². The third kappa shape index (κ3) is 4.57. The molecule has 0 fully saturated rings. The van der Waals surface area contributed by atoms with Crippen LogP contribution in [0.15, 0.2) is 28.9 Å². The van der Waals surface area contributed by atoms with Gasteiger partial charge in [-0.1, -0.05) is 18.7 Å². The lowest BCUT2D eigenvalue weighted by Crippen LogP contribution is -2.21. The molecular weight excluding hydrogens is 340 g/mol. The molecule has 0 aliphatic carbocycles. The second-order valence-corrected chi connectivity index (χ2v) is 7.55. The summed E-state index contributed by atoms with van der Waals surface area (Å²) in [5.74, 6) is 1.74. The van der Waals surface area contributed by atoms with Crippen LogP contribution in [0.2, 0.25) is 0 Å². The van der Waals surface area contributed by atoms with E-state index in [-0.39, 0.29) is 5.12 Å². The SMILES string of the molecule is CCCSC1=N/C(=C/c2ccc(N(CC)CC)cc2OC)C(=O)S1. The minimum Gasteiger partial charge on any atom is -0.496 e. The first kappa shape index (κ1) is 18.9. The summed E-state index contributed by atoms with van der Waals surface area (Å²) in [5.41, 5.74) is 2.49. The zero-order valence-electron chi connectivity index (χ0n) is 14.7. The molecule has 0 amide bonds. The minimum atomic E-state index is 0.00322. The Labute approximate surface area is 152 Å². The number of aliphatic imine (C=N–C) groups is 1. The van der Waals surface area contributed by atoms with Crippen molar-refractivity contribution in [3.8, 4) is 5.75 Å². The summed E-state index contributed by atoms with van der Waals surface area (Å²) >= 11 is 2.86. The van der Waals surface area contributed by atoms with Gasteiger partial charge in [-0.25, -0.2) is 4.99 Å². The van der Waals surface area contributed by atoms with Gasteiger partial charge in [0.25, 0.3) is 0 Å². The van der Waals surface area contributed by atoms with Gasteiger partial charge < -0.3 is 9.64 Å². The van der Waals surface area contributed by atoms with E-state index >= 15 is 0 Å². The second kappa shape index (κ2) is 9.18. The largest absolute Gasteiger partial charge is 0.496 e. The molecule has 0 atom stereocenters. The topological polar surface area (TPSA) is 41.9 Å². The van der Waals surface area contributed by atoms with Crippen LogP contribution in [0.5, 0.6) is 5.75 Å². The summed E-state index contributed by atoms with van der Waals surface area (Å²) < 4.78 is 6.36. The van der Waals surface area contributed by atoms with Crippen molar-refractivity contribution in [1.29, 1.82) is 0 Å². The van der Waals surface area contributed by atoms with Gasteiger partial charge in [0.15, 0.2) is 0 Å². The minimum absolute atomic E-state index is 0.00322. The van der Waals surface area contributed by atoms with Crippen LogP contribution in [0.25, 0.3) is 6.08 Å². The van der Waals surface area contributed by atoms with E-state index in [2.05, 4.69) is 36.7 Å². The zero-order valence-corrected chi connectivity index (χ0v) is 16.3. The molecule has 0 aromatic heterocycles. The number of benzene rings is 1. The summed E-state index contributed by atoms with van der Waals surface area (Å²) in [6.45, 7) is 8.26. The van der Waals surface area contributed by atoms with Crippen molar-refractivity contribution in [2.24, 2.45) is 4.99 Å². The Morgan fingerprint density at radius 2 is 2.04 bits per heavy atom. The van der Waals surface area contributed by atoms with Gasteiger partial charge in [0.05, 0.1) is 7.11 Å². The number of ether oxygens (including phenoxy) is 1. The molecule has 0 saturated carbocycles. The fourth-order valence-corrected chi connectivity index (χ4v) is 4.16. The fraction of sp³-hybridized carbons (Fsp3) is 0.444. The van der Waals surface area contributed by atoms with Crippen LogP contribution in [0.4, 0.5) is 5.69 Å². The van der Waals surface area contributed by atoms with E-state index in [4.69, 9.17) is 4.74 Å². The molecule has 0 spiro atoms. The average Bonchev–Trinajstić information content (AvgIpc) is 2.94. The van der Waals surface area contributed by atoms with Crippen molar-refractivity contribution in [2.45, 2.75) is 27.2 Å². The van der Waals surface area contributed by atoms with Crippen molar-refractivity contribution < 1.29 is 9.53 Å². The number of nitrogens with zero attached hydrogens (tertiary/aromatic N) is 2. The first-order valence-corrected chi connectivity index (χ1v) is 10.0. The number of rotatable bonds is 7. The predicted molar refractivity (Wildman–Crippen MR) is 107 cm³/mol. The Bertz CT molecular complexity index is 652. The number of hydrogen-bond donors (Lipinski definition) is 0. The van der Waals surface area contributed by atoms with E-state index in [1.54, 1.807) is 18.9 Å². The quantitative estimate of drug-likeness (QED) is 0.659. The predicted octanol–water partition coefficient (Wildman–Crippen LogP) is 4.65. The summed E-state index contributed by atoms with van der Waals surface area (Å²) in [7, 11) is 1.65. The molecule has 1 aromatic carbocycles. The van der Waals surface area contributed by atoms with Gasteiger partial charge >= 0.3 is 0 Å². The van der Waals surface area contributed by atoms with Crippen LogP contribution >= 0.6 is 23.5 Å². The molecule has 0 N–H and O–H groups in total. The Kier molecular flexibility index (Phi) is 7.24. The number of carbonyl (C=O) groups is 1. The van der Waals surface area contributed by atoms with Crippen LogP contribution in [0.1, 0.15) is 32.8 Å². The van der Waals surface area contributed by atoms with Gasteiger partial charge in [-0.2, -0.15) is 0 Å². The van der Waals surface area contributed by atoms with Gasteiger partial charge in [-0.3, -0.25) is 4.79 Å². The Hall–Kier alpha value is -1.40. The van der Waals surface area contributed by atoms with Crippen molar-refractivity contribution >= 4 is 44.8 Å². The van der Waals surface area contributed by atoms with Crippen molar-refractivity contribution in [2.75, 3.05) is 30.9 Å². The number of hydrogen-bond acceptors (Lipinski definition) is 6. The highest BCUT2D eigenvalue weighted by Gasteiger charge is 2.22. The van der Waals surface area contributed by atoms with E-state index < -0.39 is 0 Å². The lowest BCUT2D eigenvalue weighted by atomic mass is 10.1. The van der Waals surface area contributed by atoms with Crippen molar-refractivity contribution in [3.63, 3.8) is 0 Å². The second-order valence-electron chi connectivity index (χ2n) is 5.24. The van der Waals surface area contributed by atoms with Gasteiger partial charge in [0, 0.05) is 30.4 Å². The lowest BCUT2D eigenvalue weighted by molar-refractivity contribution is -0.107. The van der Waals surface area contributed by atoms with E-state index in [0.29, 0.717) is 5.70 Å². The summed E-state index contributed by atoms with van der Waals surface area (Å²) in [6, 6.07) is 6.07. The molecule has 130 valence electrons. The number of anilines is 1. The molecule has 0 radical (unpaired) electrons. The number of thioether (sulfide) groups is 2. The summed E-state index contributed by atoms with van der Waals surface area (Å²) in [4.78, 5) is 18.9. The third-order valence-corrected chi connectivity index (χ3v) is 5.88. The monoisotopic (exact) mass is 364 g/mol.